The minimum atomic E-state index is -0.810. The molecule has 0 amide bonds. The quantitative estimate of drug-likeness (QED) is 0.0413. The zero-order valence-corrected chi connectivity index (χ0v) is 31.2. The molecule has 0 bridgehead atoms. The normalized spacial score (nSPS) is 12.8. The fraction of sp³-hybridized carbons (Fsp3) is 0.721. The highest BCUT2D eigenvalue weighted by molar-refractivity contribution is 5.70. The van der Waals surface area contributed by atoms with Crippen LogP contribution in [0.1, 0.15) is 181 Å². The van der Waals surface area contributed by atoms with Crippen LogP contribution >= 0.6 is 0 Å². The van der Waals surface area contributed by atoms with E-state index in [9.17, 15) is 14.7 Å². The van der Waals surface area contributed by atoms with Crippen LogP contribution in [0.4, 0.5) is 0 Å². The van der Waals surface area contributed by atoms with Crippen LogP contribution in [0.3, 0.4) is 0 Å². The number of carbonyl (C=O) groups is 2. The zero-order chi connectivity index (χ0) is 35.0. The number of allylic oxidation sites excluding steroid dienone is 10. The third-order valence-electron chi connectivity index (χ3n) is 8.33. The second-order valence-electron chi connectivity index (χ2n) is 13.0. The van der Waals surface area contributed by atoms with E-state index >= 15 is 0 Å². The summed E-state index contributed by atoms with van der Waals surface area (Å²) in [5.74, 6) is -0.686. The largest absolute Gasteiger partial charge is 0.462 e. The Balaban J connectivity index is 3.69. The zero-order valence-electron chi connectivity index (χ0n) is 31.2. The number of carbonyl (C=O) groups excluding carboxylic acids is 2. The maximum absolute atomic E-state index is 12.1. The number of unbranched alkanes of at least 4 members (excludes halogenated alkanes) is 17. The van der Waals surface area contributed by atoms with Gasteiger partial charge in [0.05, 0.1) is 6.61 Å². The van der Waals surface area contributed by atoms with Gasteiger partial charge in [0, 0.05) is 12.8 Å². The average Bonchev–Trinajstić information content (AvgIpc) is 3.09. The van der Waals surface area contributed by atoms with Crippen molar-refractivity contribution in [2.45, 2.75) is 187 Å². The van der Waals surface area contributed by atoms with Gasteiger partial charge in [0.15, 0.2) is 6.10 Å². The first-order valence-corrected chi connectivity index (χ1v) is 19.8. The molecule has 0 radical (unpaired) electrons. The predicted molar refractivity (Wildman–Crippen MR) is 205 cm³/mol. The van der Waals surface area contributed by atoms with Crippen LogP contribution in [0, 0.1) is 0 Å². The minimum Gasteiger partial charge on any atom is -0.462 e. The number of esters is 2. The monoisotopic (exact) mass is 671 g/mol. The molecular formula is C43H74O5. The standard InChI is InChI=1S/C43H74O5/c1-3-5-7-9-11-13-15-17-19-20-21-22-24-26-28-30-32-34-36-38-43(46)48-41(39-44)40-47-42(45)37-35-33-31-29-27-25-23-18-16-14-12-10-8-6-4-2/h11,13,17,19,21-22,26,28,32,34,41,44H,3-10,12,14-16,18,20,23-25,27,29-31,33,35-40H2,1-2H3/b13-11-,19-17-,22-21-,28-26-,34-32-/t41-/m0/s1. The summed E-state index contributed by atoms with van der Waals surface area (Å²) >= 11 is 0. The van der Waals surface area contributed by atoms with Gasteiger partial charge in [-0.3, -0.25) is 9.59 Å². The van der Waals surface area contributed by atoms with E-state index < -0.39 is 12.1 Å². The molecule has 1 atom stereocenters. The lowest BCUT2D eigenvalue weighted by Gasteiger charge is -2.15. The van der Waals surface area contributed by atoms with Gasteiger partial charge in [-0.1, -0.05) is 177 Å². The molecule has 48 heavy (non-hydrogen) atoms. The summed E-state index contributed by atoms with van der Waals surface area (Å²) in [7, 11) is 0. The van der Waals surface area contributed by atoms with E-state index in [0.717, 1.165) is 44.9 Å². The molecule has 1 N–H and O–H groups in total. The Kier molecular flexibility index (Phi) is 37.1. The lowest BCUT2D eigenvalue weighted by atomic mass is 10.0. The van der Waals surface area contributed by atoms with Crippen LogP contribution < -0.4 is 0 Å². The molecule has 0 unspecified atom stereocenters. The Bertz CT molecular complexity index is 853. The molecule has 0 aliphatic carbocycles. The van der Waals surface area contributed by atoms with Crippen LogP contribution in [0.15, 0.2) is 60.8 Å². The Morgan fingerprint density at radius 3 is 1.33 bits per heavy atom. The number of hydrogen-bond donors (Lipinski definition) is 1. The molecule has 0 rings (SSSR count). The second-order valence-corrected chi connectivity index (χ2v) is 13.0. The first-order valence-electron chi connectivity index (χ1n) is 19.8. The molecule has 276 valence electrons. The summed E-state index contributed by atoms with van der Waals surface area (Å²) in [5, 5.41) is 9.54. The molecule has 0 aromatic rings. The first-order chi connectivity index (χ1) is 23.6. The van der Waals surface area contributed by atoms with E-state index in [0.29, 0.717) is 12.8 Å². The second kappa shape index (κ2) is 39.0. The van der Waals surface area contributed by atoms with Crippen LogP contribution in [-0.4, -0.2) is 36.4 Å². The van der Waals surface area contributed by atoms with Crippen molar-refractivity contribution in [1.82, 2.24) is 0 Å². The van der Waals surface area contributed by atoms with Crippen molar-refractivity contribution in [3.8, 4) is 0 Å². The highest BCUT2D eigenvalue weighted by Crippen LogP contribution is 2.14. The summed E-state index contributed by atoms with van der Waals surface area (Å²) in [5.41, 5.74) is 0. The van der Waals surface area contributed by atoms with Gasteiger partial charge >= 0.3 is 11.9 Å². The third-order valence-corrected chi connectivity index (χ3v) is 8.33. The summed E-state index contributed by atoms with van der Waals surface area (Å²) in [6.45, 7) is 4.04. The van der Waals surface area contributed by atoms with E-state index in [2.05, 4.69) is 62.5 Å². The number of rotatable bonds is 35. The Hall–Kier alpha value is -2.40. The van der Waals surface area contributed by atoms with Gasteiger partial charge in [-0.25, -0.2) is 0 Å². The van der Waals surface area contributed by atoms with E-state index in [4.69, 9.17) is 9.47 Å². The topological polar surface area (TPSA) is 72.8 Å². The molecule has 0 saturated heterocycles. The summed E-state index contributed by atoms with van der Waals surface area (Å²) in [6.07, 6.45) is 50.0. The van der Waals surface area contributed by atoms with Crippen molar-refractivity contribution in [1.29, 1.82) is 0 Å². The molecule has 0 saturated carbocycles. The van der Waals surface area contributed by atoms with Gasteiger partial charge in [-0.05, 0) is 51.4 Å². The first kappa shape index (κ1) is 45.6. The number of aliphatic hydroxyl groups is 1. The Morgan fingerprint density at radius 2 is 0.875 bits per heavy atom. The number of hydrogen-bond acceptors (Lipinski definition) is 5. The van der Waals surface area contributed by atoms with E-state index in [1.165, 1.54) is 103 Å². The van der Waals surface area contributed by atoms with E-state index in [1.54, 1.807) is 0 Å². The van der Waals surface area contributed by atoms with Gasteiger partial charge in [0.1, 0.15) is 6.61 Å². The van der Waals surface area contributed by atoms with Crippen LogP contribution in [0.25, 0.3) is 0 Å². The van der Waals surface area contributed by atoms with Crippen LogP contribution in [0.5, 0.6) is 0 Å². The van der Waals surface area contributed by atoms with Crippen molar-refractivity contribution in [3.05, 3.63) is 60.8 Å². The highest BCUT2D eigenvalue weighted by atomic mass is 16.6. The van der Waals surface area contributed by atoms with E-state index in [-0.39, 0.29) is 25.6 Å². The SMILES string of the molecule is CCCCC/C=C\C/C=C\C/C=C\C/C=C\C/C=C\CCC(=O)O[C@@H](CO)COC(=O)CCCCCCCCCCCCCCCCC. The van der Waals surface area contributed by atoms with Crippen molar-refractivity contribution in [2.24, 2.45) is 0 Å². The van der Waals surface area contributed by atoms with Gasteiger partial charge < -0.3 is 14.6 Å². The summed E-state index contributed by atoms with van der Waals surface area (Å²) in [6, 6.07) is 0. The predicted octanol–water partition coefficient (Wildman–Crippen LogP) is 12.4. The molecular weight excluding hydrogens is 596 g/mol. The van der Waals surface area contributed by atoms with Gasteiger partial charge in [0.25, 0.3) is 0 Å². The fourth-order valence-electron chi connectivity index (χ4n) is 5.30. The molecule has 0 aromatic carbocycles. The summed E-state index contributed by atoms with van der Waals surface area (Å²) < 4.78 is 10.5. The minimum absolute atomic E-state index is 0.0955. The average molecular weight is 671 g/mol. The molecule has 5 heteroatoms. The maximum Gasteiger partial charge on any atom is 0.306 e. The molecule has 0 aliphatic heterocycles. The van der Waals surface area contributed by atoms with Crippen molar-refractivity contribution in [2.75, 3.05) is 13.2 Å². The Morgan fingerprint density at radius 1 is 0.479 bits per heavy atom. The highest BCUT2D eigenvalue weighted by Gasteiger charge is 2.15. The maximum atomic E-state index is 12.1. The lowest BCUT2D eigenvalue weighted by molar-refractivity contribution is -0.161. The van der Waals surface area contributed by atoms with Crippen LogP contribution in [0.2, 0.25) is 0 Å². The van der Waals surface area contributed by atoms with Gasteiger partial charge in [0.2, 0.25) is 0 Å². The lowest BCUT2D eigenvalue weighted by Crippen LogP contribution is -2.28. The molecule has 0 spiro atoms. The van der Waals surface area contributed by atoms with Crippen molar-refractivity contribution < 1.29 is 24.2 Å². The fourth-order valence-corrected chi connectivity index (χ4v) is 5.30. The third kappa shape index (κ3) is 36.4. The molecule has 0 heterocycles. The number of ether oxygens (including phenoxy) is 2. The van der Waals surface area contributed by atoms with E-state index in [1.807, 2.05) is 12.2 Å². The van der Waals surface area contributed by atoms with Crippen LogP contribution in [-0.2, 0) is 19.1 Å². The van der Waals surface area contributed by atoms with Gasteiger partial charge in [-0.15, -0.1) is 0 Å². The number of aliphatic hydroxyl groups excluding tert-OH is 1. The van der Waals surface area contributed by atoms with Crippen molar-refractivity contribution in [3.63, 3.8) is 0 Å². The van der Waals surface area contributed by atoms with Crippen molar-refractivity contribution >= 4 is 11.9 Å². The molecule has 0 aromatic heterocycles. The molecule has 0 fully saturated rings. The Labute approximate surface area is 296 Å². The smallest absolute Gasteiger partial charge is 0.306 e. The summed E-state index contributed by atoms with van der Waals surface area (Å²) in [4.78, 5) is 24.2. The molecule has 5 nitrogen and oxygen atoms in total. The van der Waals surface area contributed by atoms with Gasteiger partial charge in [-0.2, -0.15) is 0 Å². The molecule has 0 aliphatic rings.